The molecule has 0 atom stereocenters. The first kappa shape index (κ1) is 17.5. The average molecular weight is 293 g/mol. The maximum Gasteiger partial charge on any atom is 0.219 e. The van der Waals surface area contributed by atoms with Crippen molar-refractivity contribution in [3.8, 4) is 5.75 Å². The Morgan fingerprint density at radius 3 is 2.52 bits per heavy atom. The van der Waals surface area contributed by atoms with Gasteiger partial charge in [0.15, 0.2) is 0 Å². The van der Waals surface area contributed by atoms with Crippen molar-refractivity contribution in [1.29, 1.82) is 0 Å². The van der Waals surface area contributed by atoms with Gasteiger partial charge in [0, 0.05) is 20.0 Å². The van der Waals surface area contributed by atoms with Gasteiger partial charge in [-0.2, -0.15) is 0 Å². The normalized spacial score (nSPS) is 10.4. The smallest absolute Gasteiger partial charge is 0.219 e. The fourth-order valence-corrected chi connectivity index (χ4v) is 2.21. The van der Waals surface area contributed by atoms with Crippen LogP contribution in [0.1, 0.15) is 38.2 Å². The van der Waals surface area contributed by atoms with Crippen LogP contribution in [-0.4, -0.2) is 42.2 Å². The van der Waals surface area contributed by atoms with E-state index >= 15 is 0 Å². The van der Waals surface area contributed by atoms with E-state index in [2.05, 4.69) is 0 Å². The van der Waals surface area contributed by atoms with Crippen molar-refractivity contribution in [2.24, 2.45) is 0 Å². The SMILES string of the molecule is CC(=O)N(CCO)CCCCCCOc1ccccc1C. The zero-order chi connectivity index (χ0) is 15.5. The van der Waals surface area contributed by atoms with E-state index in [1.807, 2.05) is 31.2 Å². The number of carbonyl (C=O) groups is 1. The minimum absolute atomic E-state index is 0.0316. The molecule has 4 heteroatoms. The number of aryl methyl sites for hydroxylation is 1. The fourth-order valence-electron chi connectivity index (χ4n) is 2.21. The summed E-state index contributed by atoms with van der Waals surface area (Å²) in [6, 6.07) is 8.04. The Labute approximate surface area is 127 Å². The molecular formula is C17H27NO3. The molecule has 1 rings (SSSR count). The first-order valence-corrected chi connectivity index (χ1v) is 7.70. The van der Waals surface area contributed by atoms with Crippen LogP contribution >= 0.6 is 0 Å². The summed E-state index contributed by atoms with van der Waals surface area (Å²) in [4.78, 5) is 13.0. The Morgan fingerprint density at radius 1 is 1.14 bits per heavy atom. The van der Waals surface area contributed by atoms with Crippen LogP contribution in [0.4, 0.5) is 0 Å². The van der Waals surface area contributed by atoms with Gasteiger partial charge in [-0.05, 0) is 31.4 Å². The Morgan fingerprint density at radius 2 is 1.86 bits per heavy atom. The van der Waals surface area contributed by atoms with Crippen molar-refractivity contribution in [3.05, 3.63) is 29.8 Å². The van der Waals surface area contributed by atoms with Crippen molar-refractivity contribution >= 4 is 5.91 Å². The number of aliphatic hydroxyl groups is 1. The van der Waals surface area contributed by atoms with Gasteiger partial charge >= 0.3 is 0 Å². The second-order valence-electron chi connectivity index (χ2n) is 5.26. The molecule has 4 nitrogen and oxygen atoms in total. The lowest BCUT2D eigenvalue weighted by atomic mass is 10.2. The number of aliphatic hydroxyl groups excluding tert-OH is 1. The highest BCUT2D eigenvalue weighted by Crippen LogP contribution is 2.16. The van der Waals surface area contributed by atoms with Gasteiger partial charge in [0.1, 0.15) is 5.75 Å². The first-order valence-electron chi connectivity index (χ1n) is 7.70. The minimum Gasteiger partial charge on any atom is -0.493 e. The molecule has 0 aliphatic carbocycles. The second-order valence-corrected chi connectivity index (χ2v) is 5.26. The van der Waals surface area contributed by atoms with Crippen LogP contribution in [0.2, 0.25) is 0 Å². The van der Waals surface area contributed by atoms with Crippen LogP contribution in [0.5, 0.6) is 5.75 Å². The lowest BCUT2D eigenvalue weighted by molar-refractivity contribution is -0.129. The number of hydrogen-bond donors (Lipinski definition) is 1. The van der Waals surface area contributed by atoms with Gasteiger partial charge in [-0.1, -0.05) is 31.0 Å². The number of ether oxygens (including phenoxy) is 1. The van der Waals surface area contributed by atoms with E-state index in [1.54, 1.807) is 11.8 Å². The highest BCUT2D eigenvalue weighted by molar-refractivity contribution is 5.73. The quantitative estimate of drug-likeness (QED) is 0.675. The third kappa shape index (κ3) is 7.14. The third-order valence-corrected chi connectivity index (χ3v) is 3.49. The predicted molar refractivity (Wildman–Crippen MR) is 84.5 cm³/mol. The lowest BCUT2D eigenvalue weighted by Gasteiger charge is -2.19. The second kappa shape index (κ2) is 10.2. The molecule has 0 fully saturated rings. The summed E-state index contributed by atoms with van der Waals surface area (Å²) in [5, 5.41) is 8.88. The standard InChI is InChI=1S/C17H27NO3/c1-15-9-5-6-10-17(15)21-14-8-4-3-7-11-18(12-13-19)16(2)20/h5-6,9-10,19H,3-4,7-8,11-14H2,1-2H3. The maximum absolute atomic E-state index is 11.3. The molecule has 0 saturated carbocycles. The minimum atomic E-state index is 0.0316. The van der Waals surface area contributed by atoms with Crippen molar-refractivity contribution in [3.63, 3.8) is 0 Å². The number of amides is 1. The molecule has 1 aromatic rings. The van der Waals surface area contributed by atoms with Gasteiger partial charge in [0.2, 0.25) is 5.91 Å². The van der Waals surface area contributed by atoms with Crippen LogP contribution in [0.15, 0.2) is 24.3 Å². The van der Waals surface area contributed by atoms with Gasteiger partial charge in [-0.25, -0.2) is 0 Å². The average Bonchev–Trinajstić information content (AvgIpc) is 2.46. The summed E-state index contributed by atoms with van der Waals surface area (Å²) < 4.78 is 5.74. The lowest BCUT2D eigenvalue weighted by Crippen LogP contribution is -2.32. The Bertz CT molecular complexity index is 420. The summed E-state index contributed by atoms with van der Waals surface area (Å²) in [6.45, 7) is 5.53. The molecule has 118 valence electrons. The van der Waals surface area contributed by atoms with Crippen LogP contribution in [0.3, 0.4) is 0 Å². The van der Waals surface area contributed by atoms with Crippen molar-refractivity contribution in [2.75, 3.05) is 26.3 Å². The van der Waals surface area contributed by atoms with Crippen molar-refractivity contribution in [1.82, 2.24) is 4.90 Å². The van der Waals surface area contributed by atoms with Crippen LogP contribution in [-0.2, 0) is 4.79 Å². The molecule has 1 aromatic carbocycles. The number of para-hydroxylation sites is 1. The first-order chi connectivity index (χ1) is 10.1. The third-order valence-electron chi connectivity index (χ3n) is 3.49. The van der Waals surface area contributed by atoms with Crippen molar-refractivity contribution < 1.29 is 14.6 Å². The van der Waals surface area contributed by atoms with Crippen molar-refractivity contribution in [2.45, 2.75) is 39.5 Å². The maximum atomic E-state index is 11.3. The number of carbonyl (C=O) groups excluding carboxylic acids is 1. The van der Waals surface area contributed by atoms with E-state index in [1.165, 1.54) is 5.56 Å². The number of rotatable bonds is 10. The summed E-state index contributed by atoms with van der Waals surface area (Å²) in [7, 11) is 0. The van der Waals surface area contributed by atoms with Gasteiger partial charge in [-0.15, -0.1) is 0 Å². The molecule has 0 aromatic heterocycles. The highest BCUT2D eigenvalue weighted by atomic mass is 16.5. The highest BCUT2D eigenvalue weighted by Gasteiger charge is 2.06. The number of nitrogens with zero attached hydrogens (tertiary/aromatic N) is 1. The van der Waals surface area contributed by atoms with E-state index in [4.69, 9.17) is 9.84 Å². The predicted octanol–water partition coefficient (Wildman–Crippen LogP) is 2.78. The summed E-state index contributed by atoms with van der Waals surface area (Å²) >= 11 is 0. The Hall–Kier alpha value is -1.55. The number of hydrogen-bond acceptors (Lipinski definition) is 3. The Kier molecular flexibility index (Phi) is 8.51. The number of unbranched alkanes of at least 4 members (excludes halogenated alkanes) is 3. The van der Waals surface area contributed by atoms with Crippen LogP contribution in [0.25, 0.3) is 0 Å². The van der Waals surface area contributed by atoms with Gasteiger partial charge < -0.3 is 14.7 Å². The monoisotopic (exact) mass is 293 g/mol. The molecule has 0 aliphatic rings. The molecule has 1 N–H and O–H groups in total. The van der Waals surface area contributed by atoms with E-state index < -0.39 is 0 Å². The largest absolute Gasteiger partial charge is 0.493 e. The molecule has 21 heavy (non-hydrogen) atoms. The molecular weight excluding hydrogens is 266 g/mol. The molecule has 0 unspecified atom stereocenters. The summed E-state index contributed by atoms with van der Waals surface area (Å²) in [5.41, 5.74) is 1.17. The summed E-state index contributed by atoms with van der Waals surface area (Å²) in [5.74, 6) is 0.995. The molecule has 0 bridgehead atoms. The zero-order valence-corrected chi connectivity index (χ0v) is 13.2. The fraction of sp³-hybridized carbons (Fsp3) is 0.588. The van der Waals surface area contributed by atoms with Gasteiger partial charge in [-0.3, -0.25) is 4.79 Å². The van der Waals surface area contributed by atoms with E-state index in [0.717, 1.165) is 44.6 Å². The molecule has 0 heterocycles. The molecule has 0 radical (unpaired) electrons. The molecule has 0 aliphatic heterocycles. The molecule has 1 amide bonds. The molecule has 0 saturated heterocycles. The van der Waals surface area contributed by atoms with Crippen LogP contribution < -0.4 is 4.74 Å². The van der Waals surface area contributed by atoms with Crippen LogP contribution in [0, 0.1) is 6.92 Å². The summed E-state index contributed by atoms with van der Waals surface area (Å²) in [6.07, 6.45) is 4.17. The molecule has 0 spiro atoms. The van der Waals surface area contributed by atoms with E-state index in [0.29, 0.717) is 6.54 Å². The number of benzene rings is 1. The van der Waals surface area contributed by atoms with E-state index in [9.17, 15) is 4.79 Å². The van der Waals surface area contributed by atoms with E-state index in [-0.39, 0.29) is 12.5 Å². The topological polar surface area (TPSA) is 49.8 Å². The zero-order valence-electron chi connectivity index (χ0n) is 13.2. The van der Waals surface area contributed by atoms with Gasteiger partial charge in [0.05, 0.1) is 13.2 Å². The Balaban J connectivity index is 2.07. The van der Waals surface area contributed by atoms with Gasteiger partial charge in [0.25, 0.3) is 0 Å².